The summed E-state index contributed by atoms with van der Waals surface area (Å²) in [5, 5.41) is 2.68. The first-order valence-corrected chi connectivity index (χ1v) is 7.52. The second-order valence-electron chi connectivity index (χ2n) is 6.04. The molecule has 0 heterocycles. The van der Waals surface area contributed by atoms with Crippen molar-refractivity contribution in [3.63, 3.8) is 0 Å². The highest BCUT2D eigenvalue weighted by Crippen LogP contribution is 2.29. The maximum absolute atomic E-state index is 12.5. The van der Waals surface area contributed by atoms with E-state index in [4.69, 9.17) is 0 Å². The molecule has 1 saturated carbocycles. The van der Waals surface area contributed by atoms with Gasteiger partial charge >= 0.3 is 0 Å². The predicted octanol–water partition coefficient (Wildman–Crippen LogP) is 2.32. The second kappa shape index (κ2) is 6.29. The first kappa shape index (κ1) is 15.5. The Morgan fingerprint density at radius 1 is 1.29 bits per heavy atom. The number of benzene rings is 1. The number of carbonyl (C=O) groups excluding carboxylic acids is 2. The minimum absolute atomic E-state index is 0.00549. The standard InChI is InChI=1S/C17H24N2O2/c1-11-5-6-15(9-12(11)2)10-19(16-7-8-16)17(21)13(3)18-14(4)20/h5-6,9,13,16H,7-8,10H2,1-4H3,(H,18,20)/t13-/m1/s1. The van der Waals surface area contributed by atoms with Gasteiger partial charge in [0.1, 0.15) is 6.04 Å². The van der Waals surface area contributed by atoms with Gasteiger partial charge in [-0.1, -0.05) is 18.2 Å². The molecule has 0 saturated heterocycles. The molecule has 1 fully saturated rings. The molecule has 0 aromatic heterocycles. The number of hydrogen-bond acceptors (Lipinski definition) is 2. The van der Waals surface area contributed by atoms with Crippen LogP contribution in [0.2, 0.25) is 0 Å². The van der Waals surface area contributed by atoms with E-state index >= 15 is 0 Å². The molecule has 1 aromatic carbocycles. The van der Waals surface area contributed by atoms with Crippen molar-refractivity contribution in [1.29, 1.82) is 0 Å². The zero-order chi connectivity index (χ0) is 15.6. The summed E-state index contributed by atoms with van der Waals surface area (Å²) in [6.45, 7) is 7.98. The Balaban J connectivity index is 2.10. The van der Waals surface area contributed by atoms with E-state index in [1.165, 1.54) is 18.1 Å². The van der Waals surface area contributed by atoms with E-state index in [0.29, 0.717) is 12.6 Å². The molecule has 114 valence electrons. The minimum Gasteiger partial charge on any atom is -0.345 e. The number of hydrogen-bond donors (Lipinski definition) is 1. The van der Waals surface area contributed by atoms with Crippen LogP contribution in [0.3, 0.4) is 0 Å². The second-order valence-corrected chi connectivity index (χ2v) is 6.04. The number of nitrogens with one attached hydrogen (secondary N) is 1. The molecule has 4 nitrogen and oxygen atoms in total. The zero-order valence-corrected chi connectivity index (χ0v) is 13.3. The highest BCUT2D eigenvalue weighted by Gasteiger charge is 2.34. The molecule has 1 aliphatic carbocycles. The summed E-state index contributed by atoms with van der Waals surface area (Å²) in [6, 6.07) is 6.18. The molecule has 1 N–H and O–H groups in total. The fraction of sp³-hybridized carbons (Fsp3) is 0.529. The van der Waals surface area contributed by atoms with Crippen molar-refractivity contribution in [2.45, 2.75) is 59.2 Å². The SMILES string of the molecule is CC(=O)N[C@H](C)C(=O)N(Cc1ccc(C)c(C)c1)C1CC1. The van der Waals surface area contributed by atoms with Gasteiger partial charge in [-0.15, -0.1) is 0 Å². The quantitative estimate of drug-likeness (QED) is 0.904. The molecular weight excluding hydrogens is 264 g/mol. The number of rotatable bonds is 5. The van der Waals surface area contributed by atoms with Gasteiger partial charge in [-0.25, -0.2) is 0 Å². The maximum Gasteiger partial charge on any atom is 0.245 e. The number of aryl methyl sites for hydroxylation is 2. The number of nitrogens with zero attached hydrogens (tertiary/aromatic N) is 1. The third-order valence-electron chi connectivity index (χ3n) is 3.99. The first-order valence-electron chi connectivity index (χ1n) is 7.52. The Labute approximate surface area is 126 Å². The lowest BCUT2D eigenvalue weighted by atomic mass is 10.1. The summed E-state index contributed by atoms with van der Waals surface area (Å²) in [5.41, 5.74) is 3.65. The molecule has 0 unspecified atom stereocenters. The number of carbonyl (C=O) groups is 2. The van der Waals surface area contributed by atoms with Gasteiger partial charge in [0.25, 0.3) is 0 Å². The Morgan fingerprint density at radius 3 is 2.48 bits per heavy atom. The van der Waals surface area contributed by atoms with E-state index in [1.807, 2.05) is 4.90 Å². The van der Waals surface area contributed by atoms with E-state index in [2.05, 4.69) is 37.4 Å². The van der Waals surface area contributed by atoms with E-state index in [1.54, 1.807) is 6.92 Å². The molecular formula is C17H24N2O2. The molecule has 2 amide bonds. The van der Waals surface area contributed by atoms with Crippen LogP contribution in [-0.4, -0.2) is 28.8 Å². The van der Waals surface area contributed by atoms with Crippen molar-refractivity contribution in [2.24, 2.45) is 0 Å². The lowest BCUT2D eigenvalue weighted by Crippen LogP contribution is -2.46. The van der Waals surface area contributed by atoms with Crippen LogP contribution in [-0.2, 0) is 16.1 Å². The molecule has 0 spiro atoms. The van der Waals surface area contributed by atoms with Gasteiger partial charge in [0.15, 0.2) is 0 Å². The van der Waals surface area contributed by atoms with Gasteiger partial charge in [0, 0.05) is 19.5 Å². The van der Waals surface area contributed by atoms with E-state index in [9.17, 15) is 9.59 Å². The van der Waals surface area contributed by atoms with Gasteiger partial charge in [0.2, 0.25) is 11.8 Å². The van der Waals surface area contributed by atoms with E-state index in [0.717, 1.165) is 18.4 Å². The Hall–Kier alpha value is -1.84. The van der Waals surface area contributed by atoms with Gasteiger partial charge in [-0.05, 0) is 50.3 Å². The van der Waals surface area contributed by atoms with Crippen LogP contribution in [0.25, 0.3) is 0 Å². The van der Waals surface area contributed by atoms with Crippen LogP contribution < -0.4 is 5.32 Å². The van der Waals surface area contributed by atoms with E-state index in [-0.39, 0.29) is 11.8 Å². The summed E-state index contributed by atoms with van der Waals surface area (Å²) < 4.78 is 0. The Bertz CT molecular complexity index is 550. The average molecular weight is 288 g/mol. The largest absolute Gasteiger partial charge is 0.345 e. The van der Waals surface area contributed by atoms with Gasteiger partial charge < -0.3 is 10.2 Å². The predicted molar refractivity (Wildman–Crippen MR) is 82.8 cm³/mol. The van der Waals surface area contributed by atoms with Crippen LogP contribution in [0.15, 0.2) is 18.2 Å². The fourth-order valence-corrected chi connectivity index (χ4v) is 2.49. The number of amides is 2. The summed E-state index contributed by atoms with van der Waals surface area (Å²) in [7, 11) is 0. The smallest absolute Gasteiger partial charge is 0.245 e. The molecule has 1 aromatic rings. The van der Waals surface area contributed by atoms with Crippen LogP contribution in [0.4, 0.5) is 0 Å². The van der Waals surface area contributed by atoms with Crippen LogP contribution in [0.1, 0.15) is 43.4 Å². The molecule has 4 heteroatoms. The normalized spacial score (nSPS) is 15.4. The monoisotopic (exact) mass is 288 g/mol. The maximum atomic E-state index is 12.5. The van der Waals surface area contributed by atoms with Crippen LogP contribution in [0, 0.1) is 13.8 Å². The first-order chi connectivity index (χ1) is 9.88. The average Bonchev–Trinajstić information content (AvgIpc) is 3.22. The van der Waals surface area contributed by atoms with Crippen molar-refractivity contribution >= 4 is 11.8 Å². The van der Waals surface area contributed by atoms with Gasteiger partial charge in [-0.3, -0.25) is 9.59 Å². The molecule has 21 heavy (non-hydrogen) atoms. The molecule has 1 atom stereocenters. The lowest BCUT2D eigenvalue weighted by Gasteiger charge is -2.26. The van der Waals surface area contributed by atoms with Crippen molar-refractivity contribution in [2.75, 3.05) is 0 Å². The Kier molecular flexibility index (Phi) is 4.66. The molecule has 1 aliphatic rings. The highest BCUT2D eigenvalue weighted by molar-refractivity contribution is 5.86. The van der Waals surface area contributed by atoms with Gasteiger partial charge in [0.05, 0.1) is 0 Å². The summed E-state index contributed by atoms with van der Waals surface area (Å²) in [6.07, 6.45) is 2.12. The van der Waals surface area contributed by atoms with Crippen LogP contribution >= 0.6 is 0 Å². The van der Waals surface area contributed by atoms with Crippen molar-refractivity contribution in [3.05, 3.63) is 34.9 Å². The van der Waals surface area contributed by atoms with Crippen molar-refractivity contribution in [1.82, 2.24) is 10.2 Å². The van der Waals surface area contributed by atoms with Crippen molar-refractivity contribution in [3.8, 4) is 0 Å². The molecule has 0 bridgehead atoms. The summed E-state index contributed by atoms with van der Waals surface area (Å²) in [4.78, 5) is 25.6. The fourth-order valence-electron chi connectivity index (χ4n) is 2.49. The summed E-state index contributed by atoms with van der Waals surface area (Å²) >= 11 is 0. The molecule has 0 radical (unpaired) electrons. The lowest BCUT2D eigenvalue weighted by molar-refractivity contribution is -0.136. The summed E-state index contributed by atoms with van der Waals surface area (Å²) in [5.74, 6) is -0.163. The third kappa shape index (κ3) is 4.06. The topological polar surface area (TPSA) is 49.4 Å². The zero-order valence-electron chi connectivity index (χ0n) is 13.3. The Morgan fingerprint density at radius 2 is 1.95 bits per heavy atom. The van der Waals surface area contributed by atoms with E-state index < -0.39 is 6.04 Å². The van der Waals surface area contributed by atoms with Crippen molar-refractivity contribution < 1.29 is 9.59 Å². The third-order valence-corrected chi connectivity index (χ3v) is 3.99. The van der Waals surface area contributed by atoms with Crippen LogP contribution in [0.5, 0.6) is 0 Å². The van der Waals surface area contributed by atoms with Gasteiger partial charge in [-0.2, -0.15) is 0 Å². The highest BCUT2D eigenvalue weighted by atomic mass is 16.2. The molecule has 2 rings (SSSR count). The molecule has 0 aliphatic heterocycles. The minimum atomic E-state index is -0.463.